The molecule has 4 atom stereocenters. The van der Waals surface area contributed by atoms with Gasteiger partial charge in [0.25, 0.3) is 0 Å². The third-order valence-corrected chi connectivity index (χ3v) is 8.20. The smallest absolute Gasteiger partial charge is 0.238 e. The fourth-order valence-electron chi connectivity index (χ4n) is 6.62. The summed E-state index contributed by atoms with van der Waals surface area (Å²) in [7, 11) is 0. The number of imide groups is 2. The van der Waals surface area contributed by atoms with Crippen LogP contribution in [0.25, 0.3) is 0 Å². The molecule has 3 fully saturated rings. The molecular formula is C28H26N2O6. The summed E-state index contributed by atoms with van der Waals surface area (Å²) >= 11 is 0. The van der Waals surface area contributed by atoms with Gasteiger partial charge in [-0.2, -0.15) is 0 Å². The molecule has 7 rings (SSSR count). The van der Waals surface area contributed by atoms with E-state index in [1.807, 2.05) is 12.2 Å². The highest BCUT2D eigenvalue weighted by atomic mass is 16.3. The van der Waals surface area contributed by atoms with Gasteiger partial charge in [-0.25, -0.2) is 0 Å². The van der Waals surface area contributed by atoms with Crippen molar-refractivity contribution < 1.29 is 29.4 Å². The van der Waals surface area contributed by atoms with E-state index in [0.717, 1.165) is 11.1 Å². The van der Waals surface area contributed by atoms with Gasteiger partial charge in [0.05, 0.1) is 35.0 Å². The molecule has 2 heterocycles. The normalized spacial score (nSPS) is 30.4. The SMILES string of the molecule is O=C1[C@@H]2C3C=CC([C@@H]2C(=O)N1c1ccc(CCO)cc1)[C@@H]1C(=O)N(c2ccc(CCO)cc2)C(=O)[C@H]31. The molecule has 0 spiro atoms. The highest BCUT2D eigenvalue weighted by Gasteiger charge is 2.68. The van der Waals surface area contributed by atoms with E-state index in [9.17, 15) is 19.2 Å². The van der Waals surface area contributed by atoms with Crippen molar-refractivity contribution in [1.29, 1.82) is 0 Å². The van der Waals surface area contributed by atoms with Crippen molar-refractivity contribution in [1.82, 2.24) is 0 Å². The minimum Gasteiger partial charge on any atom is -0.396 e. The summed E-state index contributed by atoms with van der Waals surface area (Å²) in [4.78, 5) is 56.7. The van der Waals surface area contributed by atoms with Crippen LogP contribution in [0.5, 0.6) is 0 Å². The molecule has 1 saturated carbocycles. The number of anilines is 2. The summed E-state index contributed by atoms with van der Waals surface area (Å²) in [6.07, 6.45) is 4.67. The maximum Gasteiger partial charge on any atom is 0.238 e. The van der Waals surface area contributed by atoms with Crippen molar-refractivity contribution in [3.63, 3.8) is 0 Å². The molecule has 2 aromatic carbocycles. The Morgan fingerprint density at radius 1 is 0.528 bits per heavy atom. The summed E-state index contributed by atoms with van der Waals surface area (Å²) < 4.78 is 0. The molecule has 5 aliphatic rings. The summed E-state index contributed by atoms with van der Waals surface area (Å²) in [6.45, 7) is 0.0174. The number of hydrogen-bond donors (Lipinski definition) is 2. The number of rotatable bonds is 6. The lowest BCUT2D eigenvalue weighted by molar-refractivity contribution is -0.137. The Labute approximate surface area is 207 Å². The summed E-state index contributed by atoms with van der Waals surface area (Å²) in [5, 5.41) is 18.3. The number of amides is 4. The second kappa shape index (κ2) is 8.50. The van der Waals surface area contributed by atoms with Crippen LogP contribution in [0.3, 0.4) is 0 Å². The lowest BCUT2D eigenvalue weighted by Crippen LogP contribution is -2.50. The molecule has 8 heteroatoms. The van der Waals surface area contributed by atoms with Crippen LogP contribution in [0, 0.1) is 35.5 Å². The molecule has 2 saturated heterocycles. The van der Waals surface area contributed by atoms with E-state index in [1.54, 1.807) is 48.5 Å². The standard InChI is InChI=1S/C28H26N2O6/c31-13-11-15-1-5-17(6-2-15)29-25(33)21-19-9-10-20(22(21)26(29)34)24-23(19)27(35)30(28(24)36)18-7-3-16(4-8-18)12-14-32/h1-10,19-24,31-32H,11-14H2/t19?,20?,21-,22+,23-,24+. The van der Waals surface area contributed by atoms with Gasteiger partial charge in [-0.15, -0.1) is 0 Å². The van der Waals surface area contributed by atoms with E-state index in [0.29, 0.717) is 24.2 Å². The number of carbonyl (C=O) groups excluding carboxylic acids is 4. The lowest BCUT2D eigenvalue weighted by atomic mass is 9.54. The van der Waals surface area contributed by atoms with Gasteiger partial charge in [-0.1, -0.05) is 36.4 Å². The van der Waals surface area contributed by atoms with Gasteiger partial charge < -0.3 is 10.2 Å². The first-order valence-electron chi connectivity index (χ1n) is 12.3. The minimum atomic E-state index is -0.672. The van der Waals surface area contributed by atoms with Crippen LogP contribution in [0.1, 0.15) is 11.1 Å². The van der Waals surface area contributed by atoms with Crippen molar-refractivity contribution in [2.24, 2.45) is 35.5 Å². The van der Waals surface area contributed by atoms with Gasteiger partial charge in [0.15, 0.2) is 0 Å². The zero-order valence-electron chi connectivity index (χ0n) is 19.5. The molecule has 184 valence electrons. The molecule has 0 aromatic heterocycles. The van der Waals surface area contributed by atoms with Crippen LogP contribution in [0.4, 0.5) is 11.4 Å². The number of benzene rings is 2. The van der Waals surface area contributed by atoms with Crippen LogP contribution in [0.2, 0.25) is 0 Å². The molecule has 3 aliphatic carbocycles. The third-order valence-electron chi connectivity index (χ3n) is 8.20. The topological polar surface area (TPSA) is 115 Å². The van der Waals surface area contributed by atoms with Gasteiger partial charge >= 0.3 is 0 Å². The van der Waals surface area contributed by atoms with Crippen LogP contribution in [-0.2, 0) is 32.0 Å². The summed E-state index contributed by atoms with van der Waals surface area (Å²) in [6, 6.07) is 13.9. The van der Waals surface area contributed by atoms with Crippen molar-refractivity contribution in [2.75, 3.05) is 23.0 Å². The monoisotopic (exact) mass is 486 g/mol. The number of carbonyl (C=O) groups is 4. The van der Waals surface area contributed by atoms with E-state index in [4.69, 9.17) is 10.2 Å². The largest absolute Gasteiger partial charge is 0.396 e. The first-order valence-corrected chi connectivity index (χ1v) is 12.3. The maximum absolute atomic E-state index is 13.6. The van der Waals surface area contributed by atoms with Crippen LogP contribution in [-0.4, -0.2) is 47.1 Å². The molecule has 36 heavy (non-hydrogen) atoms. The number of nitrogens with zero attached hydrogens (tertiary/aromatic N) is 2. The van der Waals surface area contributed by atoms with Gasteiger partial charge in [-0.05, 0) is 48.2 Å². The second-order valence-corrected chi connectivity index (χ2v) is 9.95. The molecular weight excluding hydrogens is 460 g/mol. The Balaban J connectivity index is 1.31. The Bertz CT molecular complexity index is 1140. The van der Waals surface area contributed by atoms with Gasteiger partial charge in [0.2, 0.25) is 23.6 Å². The average molecular weight is 487 g/mol. The molecule has 0 unspecified atom stereocenters. The van der Waals surface area contributed by atoms with Crippen LogP contribution < -0.4 is 9.80 Å². The number of aliphatic hydroxyl groups is 2. The van der Waals surface area contributed by atoms with Crippen molar-refractivity contribution in [2.45, 2.75) is 12.8 Å². The fourth-order valence-corrected chi connectivity index (χ4v) is 6.62. The van der Waals surface area contributed by atoms with E-state index < -0.39 is 35.5 Å². The van der Waals surface area contributed by atoms with Crippen molar-refractivity contribution in [3.8, 4) is 0 Å². The molecule has 2 bridgehead atoms. The van der Waals surface area contributed by atoms with E-state index in [2.05, 4.69) is 0 Å². The highest BCUT2D eigenvalue weighted by molar-refractivity contribution is 6.26. The van der Waals surface area contributed by atoms with Crippen LogP contribution in [0.15, 0.2) is 60.7 Å². The van der Waals surface area contributed by atoms with E-state index in [-0.39, 0.29) is 36.8 Å². The second-order valence-electron chi connectivity index (χ2n) is 9.95. The predicted molar refractivity (Wildman–Crippen MR) is 130 cm³/mol. The summed E-state index contributed by atoms with van der Waals surface area (Å²) in [5.74, 6) is -5.04. The van der Waals surface area contributed by atoms with E-state index in [1.165, 1.54) is 9.80 Å². The van der Waals surface area contributed by atoms with Crippen molar-refractivity contribution in [3.05, 3.63) is 71.8 Å². The Hall–Kier alpha value is -3.62. The number of allylic oxidation sites excluding steroid dienone is 2. The molecule has 4 amide bonds. The van der Waals surface area contributed by atoms with Crippen LogP contribution >= 0.6 is 0 Å². The van der Waals surface area contributed by atoms with Gasteiger partial charge in [0, 0.05) is 25.0 Å². The number of aliphatic hydroxyl groups excluding tert-OH is 2. The average Bonchev–Trinajstić information content (AvgIpc) is 3.33. The zero-order chi connectivity index (χ0) is 25.1. The zero-order valence-corrected chi connectivity index (χ0v) is 19.5. The van der Waals surface area contributed by atoms with Crippen molar-refractivity contribution >= 4 is 35.0 Å². The van der Waals surface area contributed by atoms with Gasteiger partial charge in [0.1, 0.15) is 0 Å². The predicted octanol–water partition coefficient (Wildman–Crippen LogP) is 1.48. The third kappa shape index (κ3) is 3.14. The Morgan fingerprint density at radius 3 is 1.11 bits per heavy atom. The molecule has 2 aliphatic heterocycles. The lowest BCUT2D eigenvalue weighted by Gasteiger charge is -2.44. The molecule has 8 nitrogen and oxygen atoms in total. The number of hydrogen-bond acceptors (Lipinski definition) is 6. The first kappa shape index (κ1) is 22.8. The Morgan fingerprint density at radius 2 is 0.833 bits per heavy atom. The quantitative estimate of drug-likeness (QED) is 0.472. The van der Waals surface area contributed by atoms with E-state index >= 15 is 0 Å². The molecule has 2 aromatic rings. The summed E-state index contributed by atoms with van der Waals surface area (Å²) in [5.41, 5.74) is 2.73. The minimum absolute atomic E-state index is 0.00869. The molecule has 2 N–H and O–H groups in total. The van der Waals surface area contributed by atoms with Gasteiger partial charge in [-0.3, -0.25) is 29.0 Å². The highest BCUT2D eigenvalue weighted by Crippen LogP contribution is 2.58. The maximum atomic E-state index is 13.6. The molecule has 0 radical (unpaired) electrons. The first-order chi connectivity index (χ1) is 17.5. The Kier molecular flexibility index (Phi) is 5.39. The fraction of sp³-hybridized carbons (Fsp3) is 0.357.